The summed E-state index contributed by atoms with van der Waals surface area (Å²) in [7, 11) is 0. The number of nitrogens with zero attached hydrogens (tertiary/aromatic N) is 3. The molecule has 2 N–H and O–H groups in total. The fourth-order valence-electron chi connectivity index (χ4n) is 3.57. The molecule has 3 rings (SSSR count). The highest BCUT2D eigenvalue weighted by Gasteiger charge is 2.19. The molecule has 0 radical (unpaired) electrons. The molecule has 2 aromatic rings. The standard InChI is InChI=1S/C21H29N5O2S/c1-4-26-18(12-19(27)23-17-11-7-8-14(2)15(17)3)24-25-21(26)29-13-20(28)22-16-9-5-6-10-16/h7-8,11,16H,4-6,9-10,12-13H2,1-3H3,(H,22,28)(H,23,27). The zero-order valence-electron chi connectivity index (χ0n) is 17.3. The summed E-state index contributed by atoms with van der Waals surface area (Å²) in [4.78, 5) is 24.7. The van der Waals surface area contributed by atoms with E-state index >= 15 is 0 Å². The van der Waals surface area contributed by atoms with Crippen LogP contribution in [0, 0.1) is 13.8 Å². The minimum atomic E-state index is -0.128. The number of hydrogen-bond donors (Lipinski definition) is 2. The molecule has 156 valence electrons. The van der Waals surface area contributed by atoms with E-state index in [-0.39, 0.29) is 18.2 Å². The summed E-state index contributed by atoms with van der Waals surface area (Å²) < 4.78 is 1.90. The Morgan fingerprint density at radius 2 is 1.93 bits per heavy atom. The molecule has 1 heterocycles. The number of aromatic nitrogens is 3. The van der Waals surface area contributed by atoms with Crippen LogP contribution in [0.4, 0.5) is 5.69 Å². The molecule has 0 spiro atoms. The fourth-order valence-corrected chi connectivity index (χ4v) is 4.40. The highest BCUT2D eigenvalue weighted by molar-refractivity contribution is 7.99. The summed E-state index contributed by atoms with van der Waals surface area (Å²) in [6, 6.07) is 6.16. The van der Waals surface area contributed by atoms with Crippen molar-refractivity contribution < 1.29 is 9.59 Å². The molecule has 1 fully saturated rings. The Hall–Kier alpha value is -2.35. The third-order valence-corrected chi connectivity index (χ3v) is 6.33. The lowest BCUT2D eigenvalue weighted by molar-refractivity contribution is -0.119. The van der Waals surface area contributed by atoms with Crippen molar-refractivity contribution >= 4 is 29.3 Å². The Balaban J connectivity index is 1.57. The summed E-state index contributed by atoms with van der Waals surface area (Å²) in [5.74, 6) is 0.815. The quantitative estimate of drug-likeness (QED) is 0.646. The molecule has 2 amide bonds. The van der Waals surface area contributed by atoms with E-state index in [2.05, 4.69) is 20.8 Å². The molecule has 8 heteroatoms. The van der Waals surface area contributed by atoms with E-state index in [1.54, 1.807) is 0 Å². The van der Waals surface area contributed by atoms with E-state index in [9.17, 15) is 9.59 Å². The van der Waals surface area contributed by atoms with E-state index in [1.165, 1.54) is 24.6 Å². The highest BCUT2D eigenvalue weighted by Crippen LogP contribution is 2.21. The largest absolute Gasteiger partial charge is 0.353 e. The number of nitrogens with one attached hydrogen (secondary N) is 2. The van der Waals surface area contributed by atoms with Gasteiger partial charge in [-0.15, -0.1) is 10.2 Å². The number of anilines is 1. The first kappa shape index (κ1) is 21.4. The van der Waals surface area contributed by atoms with Crippen LogP contribution in [0.15, 0.2) is 23.4 Å². The number of hydrogen-bond acceptors (Lipinski definition) is 5. The highest BCUT2D eigenvalue weighted by atomic mass is 32.2. The van der Waals surface area contributed by atoms with Crippen molar-refractivity contribution in [1.29, 1.82) is 0 Å². The van der Waals surface area contributed by atoms with Crippen molar-refractivity contribution in [3.8, 4) is 0 Å². The molecule has 29 heavy (non-hydrogen) atoms. The topological polar surface area (TPSA) is 88.9 Å². The van der Waals surface area contributed by atoms with Gasteiger partial charge < -0.3 is 15.2 Å². The number of rotatable bonds is 8. The first-order valence-corrected chi connectivity index (χ1v) is 11.2. The van der Waals surface area contributed by atoms with Gasteiger partial charge >= 0.3 is 0 Å². The third-order valence-electron chi connectivity index (χ3n) is 5.36. The number of carbonyl (C=O) groups excluding carboxylic acids is 2. The van der Waals surface area contributed by atoms with Crippen LogP contribution in [0.1, 0.15) is 49.6 Å². The molecule has 0 bridgehead atoms. The predicted octanol–water partition coefficient (Wildman–Crippen LogP) is 3.25. The molecular weight excluding hydrogens is 386 g/mol. The van der Waals surface area contributed by atoms with E-state index < -0.39 is 0 Å². The number of thioether (sulfide) groups is 1. The Bertz CT molecular complexity index is 874. The molecule has 7 nitrogen and oxygen atoms in total. The van der Waals surface area contributed by atoms with Crippen LogP contribution in [-0.4, -0.2) is 38.4 Å². The summed E-state index contributed by atoms with van der Waals surface area (Å²) in [6.45, 7) is 6.64. The van der Waals surface area contributed by atoms with Crippen LogP contribution < -0.4 is 10.6 Å². The second-order valence-electron chi connectivity index (χ2n) is 7.45. The lowest BCUT2D eigenvalue weighted by Crippen LogP contribution is -2.33. The maximum absolute atomic E-state index is 12.5. The average Bonchev–Trinajstić information content (AvgIpc) is 3.33. The van der Waals surface area contributed by atoms with Gasteiger partial charge in [0.1, 0.15) is 5.82 Å². The van der Waals surface area contributed by atoms with E-state index in [4.69, 9.17) is 0 Å². The van der Waals surface area contributed by atoms with Crippen LogP contribution in [0.2, 0.25) is 0 Å². The van der Waals surface area contributed by atoms with Gasteiger partial charge in [-0.05, 0) is 50.8 Å². The Kier molecular flexibility index (Phi) is 7.30. The molecular formula is C21H29N5O2S. The van der Waals surface area contributed by atoms with E-state index in [0.29, 0.717) is 29.3 Å². The molecule has 0 unspecified atom stereocenters. The van der Waals surface area contributed by atoms with E-state index in [0.717, 1.165) is 29.7 Å². The monoisotopic (exact) mass is 415 g/mol. The summed E-state index contributed by atoms with van der Waals surface area (Å²) in [5, 5.41) is 15.1. The SMILES string of the molecule is CCn1c(CC(=O)Nc2cccc(C)c2C)nnc1SCC(=O)NC1CCCC1. The van der Waals surface area contributed by atoms with Gasteiger partial charge in [0.15, 0.2) is 5.16 Å². The van der Waals surface area contributed by atoms with Crippen LogP contribution in [0.25, 0.3) is 0 Å². The van der Waals surface area contributed by atoms with Crippen LogP contribution in [0.5, 0.6) is 0 Å². The maximum atomic E-state index is 12.5. The van der Waals surface area contributed by atoms with Crippen LogP contribution in [-0.2, 0) is 22.6 Å². The fraction of sp³-hybridized carbons (Fsp3) is 0.524. The van der Waals surface area contributed by atoms with Gasteiger partial charge in [-0.2, -0.15) is 0 Å². The number of amides is 2. The van der Waals surface area contributed by atoms with Crippen molar-refractivity contribution in [1.82, 2.24) is 20.1 Å². The lowest BCUT2D eigenvalue weighted by Gasteiger charge is -2.12. The Morgan fingerprint density at radius 3 is 2.66 bits per heavy atom. The van der Waals surface area contributed by atoms with Gasteiger partial charge in [0.2, 0.25) is 11.8 Å². The van der Waals surface area contributed by atoms with Gasteiger partial charge in [-0.3, -0.25) is 9.59 Å². The Morgan fingerprint density at radius 1 is 1.17 bits per heavy atom. The zero-order chi connectivity index (χ0) is 20.8. The van der Waals surface area contributed by atoms with Crippen LogP contribution in [0.3, 0.4) is 0 Å². The minimum Gasteiger partial charge on any atom is -0.353 e. The number of benzene rings is 1. The van der Waals surface area contributed by atoms with Crippen molar-refractivity contribution in [2.24, 2.45) is 0 Å². The van der Waals surface area contributed by atoms with Gasteiger partial charge in [0.05, 0.1) is 12.2 Å². The maximum Gasteiger partial charge on any atom is 0.232 e. The molecule has 0 aliphatic heterocycles. The first-order valence-electron chi connectivity index (χ1n) is 10.2. The van der Waals surface area contributed by atoms with Crippen molar-refractivity contribution in [3.63, 3.8) is 0 Å². The van der Waals surface area contributed by atoms with Crippen LogP contribution >= 0.6 is 11.8 Å². The van der Waals surface area contributed by atoms with Crippen molar-refractivity contribution in [3.05, 3.63) is 35.2 Å². The van der Waals surface area contributed by atoms with Gasteiger partial charge in [0.25, 0.3) is 0 Å². The smallest absolute Gasteiger partial charge is 0.232 e. The summed E-state index contributed by atoms with van der Waals surface area (Å²) in [5.41, 5.74) is 3.01. The molecule has 1 aliphatic rings. The molecule has 0 atom stereocenters. The lowest BCUT2D eigenvalue weighted by atomic mass is 10.1. The number of aryl methyl sites for hydroxylation is 1. The van der Waals surface area contributed by atoms with Gasteiger partial charge in [-0.25, -0.2) is 0 Å². The van der Waals surface area contributed by atoms with E-state index in [1.807, 2.05) is 43.5 Å². The predicted molar refractivity (Wildman–Crippen MR) is 115 cm³/mol. The average molecular weight is 416 g/mol. The van der Waals surface area contributed by atoms with Gasteiger partial charge in [0, 0.05) is 18.3 Å². The van der Waals surface area contributed by atoms with Gasteiger partial charge in [-0.1, -0.05) is 36.7 Å². The number of carbonyl (C=O) groups is 2. The molecule has 0 saturated heterocycles. The summed E-state index contributed by atoms with van der Waals surface area (Å²) >= 11 is 1.37. The third kappa shape index (κ3) is 5.59. The second kappa shape index (κ2) is 9.91. The normalized spacial score (nSPS) is 14.2. The molecule has 1 saturated carbocycles. The molecule has 1 aliphatic carbocycles. The first-order chi connectivity index (χ1) is 14.0. The van der Waals surface area contributed by atoms with Crippen molar-refractivity contribution in [2.75, 3.05) is 11.1 Å². The molecule has 1 aromatic heterocycles. The zero-order valence-corrected chi connectivity index (χ0v) is 18.1. The second-order valence-corrected chi connectivity index (χ2v) is 8.40. The van der Waals surface area contributed by atoms with Crippen molar-refractivity contribution in [2.45, 2.75) is 70.6 Å². The minimum absolute atomic E-state index is 0.0294. The summed E-state index contributed by atoms with van der Waals surface area (Å²) in [6.07, 6.45) is 4.66. The molecule has 1 aromatic carbocycles. The Labute approximate surface area is 176 Å².